The van der Waals surface area contributed by atoms with Crippen LogP contribution in [-0.4, -0.2) is 29.8 Å². The molecule has 0 fully saturated rings. The largest absolute Gasteiger partial charge is 0.339 e. The molecule has 2 rings (SSSR count). The summed E-state index contributed by atoms with van der Waals surface area (Å²) in [5.41, 5.74) is 4.02. The van der Waals surface area contributed by atoms with Crippen molar-refractivity contribution in [3.63, 3.8) is 0 Å². The van der Waals surface area contributed by atoms with Crippen LogP contribution in [0.1, 0.15) is 52.6 Å². The molecule has 0 radical (unpaired) electrons. The van der Waals surface area contributed by atoms with Gasteiger partial charge in [-0.25, -0.2) is 0 Å². The van der Waals surface area contributed by atoms with Gasteiger partial charge in [-0.1, -0.05) is 31.2 Å². The third-order valence-electron chi connectivity index (χ3n) is 4.40. The van der Waals surface area contributed by atoms with Gasteiger partial charge in [-0.15, -0.1) is 0 Å². The summed E-state index contributed by atoms with van der Waals surface area (Å²) in [6.07, 6.45) is 0.845. The summed E-state index contributed by atoms with van der Waals surface area (Å²) in [6.45, 7) is 9.23. The number of hydrogen-bond donors (Lipinski definition) is 1. The molecule has 0 heterocycles. The number of carbonyl (C=O) groups is 2. The van der Waals surface area contributed by atoms with Gasteiger partial charge in [0.25, 0.3) is 11.8 Å². The smallest absolute Gasteiger partial charge is 0.255 e. The van der Waals surface area contributed by atoms with Crippen LogP contribution < -0.4 is 5.32 Å². The zero-order valence-electron chi connectivity index (χ0n) is 15.4. The molecule has 0 bridgehead atoms. The highest BCUT2D eigenvalue weighted by molar-refractivity contribution is 6.06. The van der Waals surface area contributed by atoms with Gasteiger partial charge in [0.15, 0.2) is 0 Å². The van der Waals surface area contributed by atoms with E-state index in [2.05, 4.69) is 12.2 Å². The number of rotatable bonds is 6. The minimum absolute atomic E-state index is 0.0511. The minimum Gasteiger partial charge on any atom is -0.339 e. The monoisotopic (exact) mass is 338 g/mol. The normalized spacial score (nSPS) is 10.4. The van der Waals surface area contributed by atoms with Crippen LogP contribution in [0.25, 0.3) is 0 Å². The Morgan fingerprint density at radius 1 is 0.960 bits per heavy atom. The summed E-state index contributed by atoms with van der Waals surface area (Å²) in [5.74, 6) is -0.247. The quantitative estimate of drug-likeness (QED) is 0.854. The molecule has 0 aliphatic carbocycles. The molecule has 0 aromatic heterocycles. The fraction of sp³-hybridized carbons (Fsp3) is 0.333. The molecule has 132 valence electrons. The Balaban J connectivity index is 2.27. The second kappa shape index (κ2) is 8.47. The molecule has 25 heavy (non-hydrogen) atoms. The Hall–Kier alpha value is -2.62. The van der Waals surface area contributed by atoms with E-state index in [1.54, 1.807) is 29.2 Å². The lowest BCUT2D eigenvalue weighted by Crippen LogP contribution is -2.30. The Bertz CT molecular complexity index is 764. The molecule has 4 heteroatoms. The van der Waals surface area contributed by atoms with Gasteiger partial charge in [0, 0.05) is 29.9 Å². The number of hydrogen-bond acceptors (Lipinski definition) is 2. The topological polar surface area (TPSA) is 49.4 Å². The van der Waals surface area contributed by atoms with E-state index >= 15 is 0 Å². The fourth-order valence-corrected chi connectivity index (χ4v) is 2.87. The number of amides is 2. The van der Waals surface area contributed by atoms with E-state index in [1.165, 1.54) is 0 Å². The highest BCUT2D eigenvalue weighted by Crippen LogP contribution is 2.22. The molecule has 0 atom stereocenters. The zero-order valence-corrected chi connectivity index (χ0v) is 15.4. The van der Waals surface area contributed by atoms with E-state index in [0.29, 0.717) is 24.2 Å². The van der Waals surface area contributed by atoms with Crippen LogP contribution in [0.2, 0.25) is 0 Å². The fourth-order valence-electron chi connectivity index (χ4n) is 2.87. The average molecular weight is 338 g/mol. The van der Waals surface area contributed by atoms with E-state index in [1.807, 2.05) is 39.0 Å². The van der Waals surface area contributed by atoms with Crippen molar-refractivity contribution < 1.29 is 9.59 Å². The molecule has 0 saturated carbocycles. The Kier molecular flexibility index (Phi) is 6.34. The summed E-state index contributed by atoms with van der Waals surface area (Å²) in [6, 6.07) is 12.9. The van der Waals surface area contributed by atoms with Gasteiger partial charge in [0.2, 0.25) is 0 Å². The van der Waals surface area contributed by atoms with Crippen molar-refractivity contribution in [2.45, 2.75) is 34.1 Å². The van der Waals surface area contributed by atoms with Crippen LogP contribution in [0.5, 0.6) is 0 Å². The SMILES string of the molecule is CCc1cccc(C)c1NC(=O)c1cccc(C(=O)N(CC)CC)c1. The molecule has 0 aliphatic heterocycles. The highest BCUT2D eigenvalue weighted by atomic mass is 16.2. The maximum atomic E-state index is 12.7. The van der Waals surface area contributed by atoms with Crippen LogP contribution in [0.3, 0.4) is 0 Å². The Morgan fingerprint density at radius 2 is 1.60 bits per heavy atom. The second-order valence-corrected chi connectivity index (χ2v) is 5.97. The number of nitrogens with zero attached hydrogens (tertiary/aromatic N) is 1. The molecular weight excluding hydrogens is 312 g/mol. The zero-order chi connectivity index (χ0) is 18.4. The second-order valence-electron chi connectivity index (χ2n) is 5.97. The molecule has 0 saturated heterocycles. The molecule has 1 N–H and O–H groups in total. The van der Waals surface area contributed by atoms with Crippen molar-refractivity contribution >= 4 is 17.5 Å². The first-order chi connectivity index (χ1) is 12.0. The average Bonchev–Trinajstić information content (AvgIpc) is 2.64. The number of benzene rings is 2. The van der Waals surface area contributed by atoms with Crippen molar-refractivity contribution in [2.24, 2.45) is 0 Å². The predicted molar refractivity (Wildman–Crippen MR) is 102 cm³/mol. The predicted octanol–water partition coefficient (Wildman–Crippen LogP) is 4.29. The van der Waals surface area contributed by atoms with E-state index < -0.39 is 0 Å². The lowest BCUT2D eigenvalue weighted by atomic mass is 10.0. The number of anilines is 1. The molecule has 2 aromatic carbocycles. The molecule has 4 nitrogen and oxygen atoms in total. The lowest BCUT2D eigenvalue weighted by Gasteiger charge is -2.19. The summed E-state index contributed by atoms with van der Waals surface area (Å²) in [5, 5.41) is 3.01. The summed E-state index contributed by atoms with van der Waals surface area (Å²) >= 11 is 0. The van der Waals surface area contributed by atoms with Crippen molar-refractivity contribution in [1.29, 1.82) is 0 Å². The van der Waals surface area contributed by atoms with Gasteiger partial charge in [0.05, 0.1) is 0 Å². The number of nitrogens with one attached hydrogen (secondary N) is 1. The first-order valence-electron chi connectivity index (χ1n) is 8.80. The van der Waals surface area contributed by atoms with Crippen LogP contribution in [0.4, 0.5) is 5.69 Å². The molecule has 0 aliphatic rings. The standard InChI is InChI=1S/C21H26N2O2/c1-5-16-11-8-10-15(4)19(16)22-20(24)17-12-9-13-18(14-17)21(25)23(6-2)7-3/h8-14H,5-7H2,1-4H3,(H,22,24). The van der Waals surface area contributed by atoms with E-state index in [0.717, 1.165) is 23.2 Å². The third-order valence-corrected chi connectivity index (χ3v) is 4.40. The molecule has 2 aromatic rings. The van der Waals surface area contributed by atoms with E-state index in [4.69, 9.17) is 0 Å². The minimum atomic E-state index is -0.196. The van der Waals surface area contributed by atoms with Gasteiger partial charge >= 0.3 is 0 Å². The Morgan fingerprint density at radius 3 is 2.24 bits per heavy atom. The molecule has 0 unspecified atom stereocenters. The maximum Gasteiger partial charge on any atom is 0.255 e. The number of carbonyl (C=O) groups excluding carboxylic acids is 2. The van der Waals surface area contributed by atoms with Gasteiger partial charge < -0.3 is 10.2 Å². The maximum absolute atomic E-state index is 12.7. The van der Waals surface area contributed by atoms with E-state index in [-0.39, 0.29) is 11.8 Å². The van der Waals surface area contributed by atoms with Gasteiger partial charge in [-0.05, 0) is 56.5 Å². The summed E-state index contributed by atoms with van der Waals surface area (Å²) < 4.78 is 0. The van der Waals surface area contributed by atoms with Crippen LogP contribution in [0.15, 0.2) is 42.5 Å². The van der Waals surface area contributed by atoms with Crippen LogP contribution >= 0.6 is 0 Å². The van der Waals surface area contributed by atoms with Crippen molar-refractivity contribution in [3.05, 3.63) is 64.7 Å². The molecular formula is C21H26N2O2. The third kappa shape index (κ3) is 4.27. The van der Waals surface area contributed by atoms with Crippen LogP contribution in [-0.2, 0) is 6.42 Å². The number of para-hydroxylation sites is 1. The molecule has 0 spiro atoms. The first kappa shape index (κ1) is 18.7. The van der Waals surface area contributed by atoms with Crippen molar-refractivity contribution in [2.75, 3.05) is 18.4 Å². The number of aryl methyl sites for hydroxylation is 2. The summed E-state index contributed by atoms with van der Waals surface area (Å²) in [4.78, 5) is 26.9. The van der Waals surface area contributed by atoms with Gasteiger partial charge in [0.1, 0.15) is 0 Å². The Labute approximate surface area is 149 Å². The van der Waals surface area contributed by atoms with Gasteiger partial charge in [-0.2, -0.15) is 0 Å². The first-order valence-corrected chi connectivity index (χ1v) is 8.80. The van der Waals surface area contributed by atoms with E-state index in [9.17, 15) is 9.59 Å². The van der Waals surface area contributed by atoms with Gasteiger partial charge in [-0.3, -0.25) is 9.59 Å². The van der Waals surface area contributed by atoms with Crippen molar-refractivity contribution in [3.8, 4) is 0 Å². The lowest BCUT2D eigenvalue weighted by molar-refractivity contribution is 0.0773. The summed E-state index contributed by atoms with van der Waals surface area (Å²) in [7, 11) is 0. The van der Waals surface area contributed by atoms with Crippen LogP contribution in [0, 0.1) is 6.92 Å². The molecule has 2 amide bonds. The van der Waals surface area contributed by atoms with Crippen molar-refractivity contribution in [1.82, 2.24) is 4.90 Å². The highest BCUT2D eigenvalue weighted by Gasteiger charge is 2.16.